The third-order valence-electron chi connectivity index (χ3n) is 6.55. The zero-order chi connectivity index (χ0) is 21.0. The highest BCUT2D eigenvalue weighted by Gasteiger charge is 2.38. The molecule has 0 saturated carbocycles. The average Bonchev–Trinajstić information content (AvgIpc) is 2.65. The Bertz CT molecular complexity index is 752. The molecule has 1 saturated heterocycles. The quantitative estimate of drug-likeness (QED) is 0.594. The number of aryl methyl sites for hydroxylation is 1. The molecule has 1 unspecified atom stereocenters. The zero-order valence-corrected chi connectivity index (χ0v) is 21.0. The Hall–Kier alpha value is -1.28. The molecule has 1 aliphatic carbocycles. The topological polar surface area (TPSA) is 123 Å². The molecule has 2 aliphatic rings. The molecule has 0 aromatic carbocycles. The number of likely N-dealkylation sites (tertiary alicyclic amines) is 1. The first-order valence-corrected chi connectivity index (χ1v) is 11.6. The van der Waals surface area contributed by atoms with Gasteiger partial charge in [-0.05, 0) is 60.3 Å². The van der Waals surface area contributed by atoms with E-state index in [1.165, 1.54) is 29.7 Å². The molecule has 3 rings (SSSR count). The SMILES string of the molecule is C.Cc1cncc(CN[C@@H](CN2CC[C@H](C3=CCC(Cl)C=C3)C(C)(C)C2)C(C)C)c1.O.O.O. The minimum atomic E-state index is 0. The van der Waals surface area contributed by atoms with Gasteiger partial charge >= 0.3 is 0 Å². The van der Waals surface area contributed by atoms with E-state index in [0.29, 0.717) is 17.9 Å². The van der Waals surface area contributed by atoms with Gasteiger partial charge in [0, 0.05) is 38.1 Å². The number of pyridine rings is 1. The summed E-state index contributed by atoms with van der Waals surface area (Å²) in [6.45, 7) is 15.9. The number of nitrogens with one attached hydrogen (secondary N) is 1. The lowest BCUT2D eigenvalue weighted by Crippen LogP contribution is -2.51. The van der Waals surface area contributed by atoms with Gasteiger partial charge in [-0.2, -0.15) is 0 Å². The maximum atomic E-state index is 6.23. The normalized spacial score (nSPS) is 22.7. The van der Waals surface area contributed by atoms with Gasteiger partial charge in [-0.15, -0.1) is 11.6 Å². The maximum Gasteiger partial charge on any atom is 0.0553 e. The van der Waals surface area contributed by atoms with Crippen LogP contribution in [0.25, 0.3) is 0 Å². The molecule has 1 aliphatic heterocycles. The Morgan fingerprint density at radius 2 is 1.91 bits per heavy atom. The fourth-order valence-electron chi connectivity index (χ4n) is 4.86. The van der Waals surface area contributed by atoms with Gasteiger partial charge in [0.25, 0.3) is 0 Å². The molecule has 1 fully saturated rings. The summed E-state index contributed by atoms with van der Waals surface area (Å²) in [5.74, 6) is 1.22. The largest absolute Gasteiger partial charge is 0.412 e. The average molecular weight is 486 g/mol. The van der Waals surface area contributed by atoms with E-state index in [9.17, 15) is 0 Å². The summed E-state index contributed by atoms with van der Waals surface area (Å²) in [7, 11) is 0. The van der Waals surface area contributed by atoms with Crippen LogP contribution in [-0.4, -0.2) is 57.4 Å². The second-order valence-corrected chi connectivity index (χ2v) is 10.5. The summed E-state index contributed by atoms with van der Waals surface area (Å²) < 4.78 is 0. The number of halogens is 1. The highest BCUT2D eigenvalue weighted by molar-refractivity contribution is 6.22. The maximum absolute atomic E-state index is 6.23. The van der Waals surface area contributed by atoms with Gasteiger partial charge in [-0.25, -0.2) is 0 Å². The van der Waals surface area contributed by atoms with Crippen molar-refractivity contribution < 1.29 is 16.4 Å². The number of hydrogen-bond donors (Lipinski definition) is 1. The van der Waals surface area contributed by atoms with E-state index in [0.717, 1.165) is 26.1 Å². The summed E-state index contributed by atoms with van der Waals surface area (Å²) in [4.78, 5) is 7.00. The number of nitrogens with zero attached hydrogens (tertiary/aromatic N) is 2. The lowest BCUT2D eigenvalue weighted by atomic mass is 9.69. The first-order chi connectivity index (χ1) is 13.7. The van der Waals surface area contributed by atoms with Crippen LogP contribution in [0.5, 0.6) is 0 Å². The zero-order valence-electron chi connectivity index (χ0n) is 20.3. The lowest BCUT2D eigenvalue weighted by Gasteiger charge is -2.46. The Kier molecular flexibility index (Phi) is 15.3. The molecule has 192 valence electrons. The van der Waals surface area contributed by atoms with E-state index in [1.54, 1.807) is 0 Å². The molecular formula is C26H48ClN3O3. The van der Waals surface area contributed by atoms with E-state index in [1.807, 2.05) is 12.4 Å². The van der Waals surface area contributed by atoms with Crippen LogP contribution in [-0.2, 0) is 6.54 Å². The molecule has 1 aromatic rings. The van der Waals surface area contributed by atoms with Gasteiger partial charge in [0.1, 0.15) is 0 Å². The molecule has 0 radical (unpaired) electrons. The fraction of sp³-hybridized carbons (Fsp3) is 0.654. The van der Waals surface area contributed by atoms with Crippen molar-refractivity contribution in [1.29, 1.82) is 0 Å². The fourth-order valence-corrected chi connectivity index (χ4v) is 5.03. The minimum Gasteiger partial charge on any atom is -0.412 e. The number of rotatable bonds is 7. The predicted molar refractivity (Wildman–Crippen MR) is 142 cm³/mol. The van der Waals surface area contributed by atoms with Gasteiger partial charge in [0.2, 0.25) is 0 Å². The van der Waals surface area contributed by atoms with Crippen molar-refractivity contribution in [2.75, 3.05) is 19.6 Å². The molecule has 0 bridgehead atoms. The van der Waals surface area contributed by atoms with Crippen molar-refractivity contribution >= 4 is 11.6 Å². The summed E-state index contributed by atoms with van der Waals surface area (Å²) in [6.07, 6.45) is 12.9. The summed E-state index contributed by atoms with van der Waals surface area (Å²) in [5.41, 5.74) is 4.26. The van der Waals surface area contributed by atoms with Crippen molar-refractivity contribution in [3.8, 4) is 0 Å². The molecule has 7 N–H and O–H groups in total. The molecule has 1 aromatic heterocycles. The van der Waals surface area contributed by atoms with Gasteiger partial charge in [0.15, 0.2) is 0 Å². The van der Waals surface area contributed by atoms with Gasteiger partial charge in [-0.1, -0.05) is 59.4 Å². The molecular weight excluding hydrogens is 438 g/mol. The molecule has 7 heteroatoms. The van der Waals surface area contributed by atoms with Crippen molar-refractivity contribution in [2.45, 2.75) is 72.9 Å². The van der Waals surface area contributed by atoms with Crippen LogP contribution in [0.3, 0.4) is 0 Å². The van der Waals surface area contributed by atoms with Crippen LogP contribution in [0.2, 0.25) is 0 Å². The van der Waals surface area contributed by atoms with E-state index in [4.69, 9.17) is 11.6 Å². The van der Waals surface area contributed by atoms with Crippen LogP contribution in [0.15, 0.2) is 42.3 Å². The summed E-state index contributed by atoms with van der Waals surface area (Å²) in [6, 6.07) is 2.71. The van der Waals surface area contributed by atoms with Crippen LogP contribution >= 0.6 is 11.6 Å². The highest BCUT2D eigenvalue weighted by Crippen LogP contribution is 2.41. The predicted octanol–water partition coefficient (Wildman–Crippen LogP) is 3.51. The molecule has 0 amide bonds. The monoisotopic (exact) mass is 485 g/mol. The Morgan fingerprint density at radius 1 is 1.21 bits per heavy atom. The third-order valence-corrected chi connectivity index (χ3v) is 6.87. The Balaban J connectivity index is 0. The van der Waals surface area contributed by atoms with Gasteiger partial charge < -0.3 is 26.6 Å². The number of piperidine rings is 1. The first-order valence-electron chi connectivity index (χ1n) is 11.1. The Labute approximate surface area is 206 Å². The van der Waals surface area contributed by atoms with Crippen LogP contribution in [0.1, 0.15) is 59.1 Å². The van der Waals surface area contributed by atoms with Crippen LogP contribution in [0, 0.1) is 24.2 Å². The molecule has 0 spiro atoms. The molecule has 33 heavy (non-hydrogen) atoms. The number of allylic oxidation sites excluding steroid dienone is 4. The second kappa shape index (κ2) is 14.9. The number of hydrogen-bond acceptors (Lipinski definition) is 3. The number of aromatic nitrogens is 1. The standard InChI is InChI=1S/C25H38ClN3.CH4.3H2O/c1-18(2)24(28-15-20-12-19(3)13-27-14-20)16-29-11-10-23(25(4,5)17-29)21-6-8-22(26)9-7-21;;;;/h6-8,12-14,18,22-24,28H,9-11,15-17H2,1-5H3;1H4;3*1H2/t22?,23-,24+;;;;/m1..../s1. The van der Waals surface area contributed by atoms with Crippen LogP contribution in [0.4, 0.5) is 0 Å². The van der Waals surface area contributed by atoms with Gasteiger partial charge in [-0.3, -0.25) is 4.98 Å². The first kappa shape index (κ1) is 33.9. The molecule has 3 atom stereocenters. The van der Waals surface area contributed by atoms with Crippen molar-refractivity contribution in [1.82, 2.24) is 15.2 Å². The second-order valence-electron chi connectivity index (χ2n) is 9.98. The number of alkyl halides is 1. The molecule has 6 nitrogen and oxygen atoms in total. The smallest absolute Gasteiger partial charge is 0.0553 e. The third kappa shape index (κ3) is 9.47. The summed E-state index contributed by atoms with van der Waals surface area (Å²) in [5, 5.41) is 3.97. The van der Waals surface area contributed by atoms with Crippen LogP contribution < -0.4 is 5.32 Å². The van der Waals surface area contributed by atoms with E-state index in [-0.39, 0.29) is 34.6 Å². The van der Waals surface area contributed by atoms with Crippen molar-refractivity contribution in [2.24, 2.45) is 17.3 Å². The Morgan fingerprint density at radius 3 is 2.45 bits per heavy atom. The lowest BCUT2D eigenvalue weighted by molar-refractivity contribution is 0.0630. The van der Waals surface area contributed by atoms with Crippen molar-refractivity contribution in [3.63, 3.8) is 0 Å². The van der Waals surface area contributed by atoms with E-state index >= 15 is 0 Å². The van der Waals surface area contributed by atoms with E-state index < -0.39 is 0 Å². The molecule has 2 heterocycles. The van der Waals surface area contributed by atoms with Gasteiger partial charge in [0.05, 0.1) is 5.38 Å². The van der Waals surface area contributed by atoms with Crippen molar-refractivity contribution in [3.05, 3.63) is 53.4 Å². The highest BCUT2D eigenvalue weighted by atomic mass is 35.5. The van der Waals surface area contributed by atoms with E-state index in [2.05, 4.69) is 74.1 Å². The summed E-state index contributed by atoms with van der Waals surface area (Å²) >= 11 is 6.23. The minimum absolute atomic E-state index is 0.